The summed E-state index contributed by atoms with van der Waals surface area (Å²) < 4.78 is 32.1. The van der Waals surface area contributed by atoms with Crippen LogP contribution < -0.4 is 20.7 Å². The van der Waals surface area contributed by atoms with Crippen LogP contribution in [0.1, 0.15) is 57.6 Å². The molecule has 0 saturated carbocycles. The van der Waals surface area contributed by atoms with Gasteiger partial charge in [0.25, 0.3) is 0 Å². The van der Waals surface area contributed by atoms with E-state index in [9.17, 15) is 8.42 Å². The molecule has 1 aliphatic heterocycles. The molecule has 3 N–H and O–H groups in total. The number of anilines is 4. The van der Waals surface area contributed by atoms with Crippen LogP contribution in [-0.4, -0.2) is 66.4 Å². The second-order valence-electron chi connectivity index (χ2n) is 10.8. The summed E-state index contributed by atoms with van der Waals surface area (Å²) in [6.45, 7) is 8.90. The smallest absolute Gasteiger partial charge is 0.229 e. The normalized spacial score (nSPS) is 14.8. The molecular formula is C28H33B3ClN5O3S. The lowest BCUT2D eigenvalue weighted by Gasteiger charge is -2.32. The first-order valence-corrected chi connectivity index (χ1v) is 15.5. The summed E-state index contributed by atoms with van der Waals surface area (Å²) in [5, 5.41) is 7.64. The second-order valence-corrected chi connectivity index (χ2v) is 13.7. The number of hydrogen-bond acceptors (Lipinski definition) is 8. The standard InChI is InChI=1S/C28H33B3ClN5O3S/c1-16(2)40-24-13-19(18-9-11-33-12-10-18)20(28(29,30)31)14-23(24)36-27-34-15-21(32)26(37-27)35-22-7-5-6-8-25(22)41(38,39)17(3)4/h5-8,13-18,33H,9-12H2,1-4H3,(H2,34,35,36,37). The number of aromatic nitrogens is 2. The minimum atomic E-state index is -3.57. The minimum Gasteiger partial charge on any atom is -0.489 e. The molecule has 1 fully saturated rings. The van der Waals surface area contributed by atoms with Crippen molar-refractivity contribution in [3.63, 3.8) is 0 Å². The lowest BCUT2D eigenvalue weighted by molar-refractivity contribution is 0.243. The van der Waals surface area contributed by atoms with Gasteiger partial charge in [-0.3, -0.25) is 0 Å². The molecule has 2 aromatic carbocycles. The van der Waals surface area contributed by atoms with Gasteiger partial charge in [-0.2, -0.15) is 4.98 Å². The second kappa shape index (κ2) is 12.7. The van der Waals surface area contributed by atoms with Crippen LogP contribution in [0.5, 0.6) is 5.75 Å². The fourth-order valence-electron chi connectivity index (χ4n) is 4.73. The van der Waals surface area contributed by atoms with Crippen LogP contribution >= 0.6 is 11.6 Å². The van der Waals surface area contributed by atoms with E-state index in [0.29, 0.717) is 22.7 Å². The third-order valence-electron chi connectivity index (χ3n) is 6.82. The summed E-state index contributed by atoms with van der Waals surface area (Å²) in [5.74, 6) is 1.20. The van der Waals surface area contributed by atoms with E-state index in [1.165, 1.54) is 6.20 Å². The lowest BCUT2D eigenvalue weighted by atomic mass is 9.39. The van der Waals surface area contributed by atoms with Crippen molar-refractivity contribution < 1.29 is 13.2 Å². The molecule has 3 aromatic rings. The van der Waals surface area contributed by atoms with Gasteiger partial charge >= 0.3 is 0 Å². The van der Waals surface area contributed by atoms with Crippen molar-refractivity contribution in [2.45, 2.75) is 67.8 Å². The molecule has 2 heterocycles. The Morgan fingerprint density at radius 2 is 1.73 bits per heavy atom. The number of benzene rings is 2. The first-order valence-electron chi connectivity index (χ1n) is 13.6. The number of hydrogen-bond donors (Lipinski definition) is 3. The Kier molecular flexibility index (Phi) is 9.66. The van der Waals surface area contributed by atoms with Gasteiger partial charge in [-0.15, -0.1) is 5.11 Å². The summed E-state index contributed by atoms with van der Waals surface area (Å²) in [6, 6.07) is 10.3. The minimum absolute atomic E-state index is 0.122. The number of rotatable bonds is 10. The van der Waals surface area contributed by atoms with Crippen molar-refractivity contribution in [2.24, 2.45) is 0 Å². The molecule has 13 heteroatoms. The topological polar surface area (TPSA) is 105 Å². The largest absolute Gasteiger partial charge is 0.489 e. The average Bonchev–Trinajstić information content (AvgIpc) is 2.91. The first-order chi connectivity index (χ1) is 19.3. The van der Waals surface area contributed by atoms with Crippen LogP contribution in [-0.2, 0) is 15.0 Å². The van der Waals surface area contributed by atoms with E-state index in [2.05, 4.69) is 25.9 Å². The molecule has 0 unspecified atom stereocenters. The maximum absolute atomic E-state index is 13.0. The number of sulfone groups is 1. The number of nitrogens with one attached hydrogen (secondary N) is 3. The number of para-hydroxylation sites is 1. The van der Waals surface area contributed by atoms with Gasteiger partial charge in [-0.1, -0.05) is 29.3 Å². The van der Waals surface area contributed by atoms with Crippen molar-refractivity contribution in [1.82, 2.24) is 15.3 Å². The zero-order valence-electron chi connectivity index (χ0n) is 23.7. The number of halogens is 1. The molecule has 0 bridgehead atoms. The summed E-state index contributed by atoms with van der Waals surface area (Å²) in [4.78, 5) is 9.02. The van der Waals surface area contributed by atoms with E-state index < -0.39 is 20.2 Å². The summed E-state index contributed by atoms with van der Waals surface area (Å²) >= 11 is 6.43. The van der Waals surface area contributed by atoms with Crippen LogP contribution in [0.2, 0.25) is 5.02 Å². The quantitative estimate of drug-likeness (QED) is 0.294. The van der Waals surface area contributed by atoms with Crippen molar-refractivity contribution in [3.05, 3.63) is 58.7 Å². The summed E-state index contributed by atoms with van der Waals surface area (Å²) in [5.41, 5.74) is 2.41. The molecular weight excluding hydrogens is 554 g/mol. The van der Waals surface area contributed by atoms with Crippen molar-refractivity contribution >= 4 is 68.1 Å². The molecule has 210 valence electrons. The molecule has 0 aliphatic carbocycles. The highest BCUT2D eigenvalue weighted by atomic mass is 35.5. The molecule has 6 radical (unpaired) electrons. The Labute approximate surface area is 252 Å². The Bertz CT molecular complexity index is 1490. The molecule has 8 nitrogen and oxygen atoms in total. The zero-order valence-corrected chi connectivity index (χ0v) is 25.3. The molecule has 0 atom stereocenters. The van der Waals surface area contributed by atoms with Gasteiger partial charge in [0, 0.05) is 0 Å². The molecule has 0 spiro atoms. The highest BCUT2D eigenvalue weighted by molar-refractivity contribution is 7.92. The average molecular weight is 588 g/mol. The van der Waals surface area contributed by atoms with E-state index in [1.54, 1.807) is 44.2 Å². The van der Waals surface area contributed by atoms with Crippen LogP contribution in [0.3, 0.4) is 0 Å². The van der Waals surface area contributed by atoms with Crippen molar-refractivity contribution in [1.29, 1.82) is 0 Å². The molecule has 1 saturated heterocycles. The third-order valence-corrected chi connectivity index (χ3v) is 9.30. The Balaban J connectivity index is 1.74. The SMILES string of the molecule is [B]C([B])([B])c1cc(Nc2ncc(Cl)c(Nc3ccccc3S(=O)(=O)C(C)C)n2)c(OC(C)C)cc1C1CCNCC1. The van der Waals surface area contributed by atoms with Crippen LogP contribution in [0.25, 0.3) is 0 Å². The van der Waals surface area contributed by atoms with Crippen LogP contribution in [0, 0.1) is 0 Å². The zero-order chi connectivity index (χ0) is 29.9. The van der Waals surface area contributed by atoms with Gasteiger partial charge in [-0.25, -0.2) is 13.4 Å². The maximum atomic E-state index is 13.0. The highest BCUT2D eigenvalue weighted by Gasteiger charge is 2.27. The third kappa shape index (κ3) is 7.40. The van der Waals surface area contributed by atoms with E-state index >= 15 is 0 Å². The van der Waals surface area contributed by atoms with Crippen LogP contribution in [0.4, 0.5) is 23.1 Å². The van der Waals surface area contributed by atoms with E-state index in [-0.39, 0.29) is 33.7 Å². The number of ether oxygens (including phenoxy) is 1. The van der Waals surface area contributed by atoms with Gasteiger partial charge < -0.3 is 20.7 Å². The van der Waals surface area contributed by atoms with Gasteiger partial charge in [-0.05, 0) is 89.4 Å². The van der Waals surface area contributed by atoms with Gasteiger partial charge in [0.2, 0.25) is 5.95 Å². The van der Waals surface area contributed by atoms with E-state index in [4.69, 9.17) is 39.9 Å². The Morgan fingerprint density at radius 1 is 1.05 bits per heavy atom. The fraction of sp³-hybridized carbons (Fsp3) is 0.429. The Hall–Kier alpha value is -2.69. The van der Waals surface area contributed by atoms with Gasteiger partial charge in [0.1, 0.15) is 10.8 Å². The number of nitrogens with zero attached hydrogens (tertiary/aromatic N) is 2. The van der Waals surface area contributed by atoms with Gasteiger partial charge in [0.05, 0.1) is 57.4 Å². The number of piperidine rings is 1. The molecule has 1 aliphatic rings. The lowest BCUT2D eigenvalue weighted by Crippen LogP contribution is -2.32. The Morgan fingerprint density at radius 3 is 2.37 bits per heavy atom. The maximum Gasteiger partial charge on any atom is 0.229 e. The predicted molar refractivity (Wildman–Crippen MR) is 168 cm³/mol. The molecule has 41 heavy (non-hydrogen) atoms. The first kappa shape index (κ1) is 31.3. The van der Waals surface area contributed by atoms with Gasteiger partial charge in [0.15, 0.2) is 15.7 Å². The highest BCUT2D eigenvalue weighted by Crippen LogP contribution is 2.40. The fourth-order valence-corrected chi connectivity index (χ4v) is 6.07. The summed E-state index contributed by atoms with van der Waals surface area (Å²) in [6.07, 6.45) is 3.13. The van der Waals surface area contributed by atoms with Crippen molar-refractivity contribution in [3.8, 4) is 5.75 Å². The van der Waals surface area contributed by atoms with E-state index in [1.807, 2.05) is 19.9 Å². The monoisotopic (exact) mass is 587 g/mol. The van der Waals surface area contributed by atoms with Crippen molar-refractivity contribution in [2.75, 3.05) is 23.7 Å². The summed E-state index contributed by atoms with van der Waals surface area (Å²) in [7, 11) is 15.2. The molecule has 1 aromatic heterocycles. The molecule has 0 amide bonds. The molecule has 4 rings (SSSR count). The van der Waals surface area contributed by atoms with E-state index in [0.717, 1.165) is 31.5 Å². The predicted octanol–water partition coefficient (Wildman–Crippen LogP) is 4.67. The van der Waals surface area contributed by atoms with Crippen LogP contribution in [0.15, 0.2) is 47.5 Å².